The van der Waals surface area contributed by atoms with Crippen LogP contribution in [0.2, 0.25) is 0 Å². The number of pyridine rings is 2. The molecule has 2 aliphatic rings. The van der Waals surface area contributed by atoms with Gasteiger partial charge in [0.1, 0.15) is 15.5 Å². The molecular formula is C25H21N5O4S. The van der Waals surface area contributed by atoms with E-state index in [0.717, 1.165) is 17.4 Å². The number of carbonyl (C=O) groups excluding carboxylic acids is 2. The maximum atomic E-state index is 13.3. The van der Waals surface area contributed by atoms with E-state index in [-0.39, 0.29) is 18.0 Å². The van der Waals surface area contributed by atoms with Crippen molar-refractivity contribution in [2.45, 2.75) is 19.4 Å². The molecule has 0 saturated carbocycles. The predicted octanol–water partition coefficient (Wildman–Crippen LogP) is 4.99. The first-order valence-electron chi connectivity index (χ1n) is 11.2. The Kier molecular flexibility index (Phi) is 5.31. The van der Waals surface area contributed by atoms with Crippen LogP contribution < -0.4 is 20.3 Å². The first kappa shape index (κ1) is 21.5. The molecule has 35 heavy (non-hydrogen) atoms. The normalized spacial score (nSPS) is 16.9. The van der Waals surface area contributed by atoms with Crippen molar-refractivity contribution in [3.63, 3.8) is 0 Å². The Morgan fingerprint density at radius 3 is 2.86 bits per heavy atom. The summed E-state index contributed by atoms with van der Waals surface area (Å²) >= 11 is 1.26. The highest BCUT2D eigenvalue weighted by Crippen LogP contribution is 2.46. The maximum absolute atomic E-state index is 13.3. The quantitative estimate of drug-likeness (QED) is 0.411. The minimum atomic E-state index is -0.372. The number of hydrogen-bond acceptors (Lipinski definition) is 7. The van der Waals surface area contributed by atoms with Gasteiger partial charge < -0.3 is 20.1 Å². The number of ether oxygens (including phenoxy) is 2. The number of carbonyl (C=O) groups is 2. The predicted molar refractivity (Wildman–Crippen MR) is 133 cm³/mol. The molecule has 10 heteroatoms. The van der Waals surface area contributed by atoms with E-state index < -0.39 is 0 Å². The van der Waals surface area contributed by atoms with Crippen LogP contribution in [0.25, 0.3) is 10.2 Å². The summed E-state index contributed by atoms with van der Waals surface area (Å²) in [5.74, 6) is 0.871. The Labute approximate surface area is 204 Å². The summed E-state index contributed by atoms with van der Waals surface area (Å²) < 4.78 is 11.2. The summed E-state index contributed by atoms with van der Waals surface area (Å²) in [5.41, 5.74) is 2.56. The lowest BCUT2D eigenvalue weighted by molar-refractivity contribution is 0.0935. The van der Waals surface area contributed by atoms with Crippen LogP contribution in [0, 0.1) is 6.92 Å². The third-order valence-electron chi connectivity index (χ3n) is 5.98. The highest BCUT2D eigenvalue weighted by molar-refractivity contribution is 7.21. The largest absolute Gasteiger partial charge is 0.439 e. The molecule has 1 atom stereocenters. The van der Waals surface area contributed by atoms with E-state index in [4.69, 9.17) is 9.47 Å². The molecule has 3 aromatic heterocycles. The lowest BCUT2D eigenvalue weighted by Crippen LogP contribution is -2.37. The molecule has 5 heterocycles. The second-order valence-electron chi connectivity index (χ2n) is 8.34. The monoisotopic (exact) mass is 487 g/mol. The van der Waals surface area contributed by atoms with Gasteiger partial charge in [-0.1, -0.05) is 18.2 Å². The Morgan fingerprint density at radius 2 is 2.09 bits per heavy atom. The lowest BCUT2D eigenvalue weighted by atomic mass is 10.1. The molecule has 0 radical (unpaired) electrons. The van der Waals surface area contributed by atoms with Crippen molar-refractivity contribution in [3.05, 3.63) is 65.3 Å². The van der Waals surface area contributed by atoms with Gasteiger partial charge >= 0.3 is 6.03 Å². The van der Waals surface area contributed by atoms with Gasteiger partial charge in [-0.15, -0.1) is 11.3 Å². The van der Waals surface area contributed by atoms with Gasteiger partial charge in [0.25, 0.3) is 5.91 Å². The minimum absolute atomic E-state index is 0.0338. The average Bonchev–Trinajstić information content (AvgIpc) is 3.50. The van der Waals surface area contributed by atoms with Crippen molar-refractivity contribution in [2.75, 3.05) is 23.4 Å². The van der Waals surface area contributed by atoms with Gasteiger partial charge in [-0.25, -0.2) is 14.8 Å². The Bertz CT molecular complexity index is 1450. The Balaban J connectivity index is 1.36. The van der Waals surface area contributed by atoms with Gasteiger partial charge in [-0.05, 0) is 37.1 Å². The van der Waals surface area contributed by atoms with Crippen LogP contribution in [0.5, 0.6) is 11.6 Å². The number of amides is 3. The van der Waals surface area contributed by atoms with E-state index in [9.17, 15) is 9.59 Å². The number of benzene rings is 1. The number of rotatable bonds is 5. The number of aryl methyl sites for hydroxylation is 1. The fourth-order valence-corrected chi connectivity index (χ4v) is 5.33. The number of urea groups is 1. The molecule has 0 unspecified atom stereocenters. The zero-order chi connectivity index (χ0) is 23.9. The highest BCUT2D eigenvalue weighted by atomic mass is 32.1. The van der Waals surface area contributed by atoms with Crippen molar-refractivity contribution < 1.29 is 19.1 Å². The Hall–Kier alpha value is -4.02. The van der Waals surface area contributed by atoms with Gasteiger partial charge in [-0.2, -0.15) is 0 Å². The summed E-state index contributed by atoms with van der Waals surface area (Å²) in [6, 6.07) is 12.5. The molecule has 4 aromatic rings. The van der Waals surface area contributed by atoms with Gasteiger partial charge in [0, 0.05) is 18.9 Å². The molecule has 0 spiro atoms. The standard InChI is InChI=1S/C25H21N5O4S/c1-14-11-19(34-16-5-3-2-4-6-16)27-12-18(14)30-17-7-9-26-24-20(17)21(29-25(30)32)22(35-24)23(31)28-15-8-10-33-13-15/h2-7,9,11-12,15H,8,10,13H2,1H3,(H,28,31)(H,29,32)/t15-/m0/s1. The smallest absolute Gasteiger partial charge is 0.331 e. The molecule has 2 aliphatic heterocycles. The van der Waals surface area contributed by atoms with Crippen molar-refractivity contribution in [2.24, 2.45) is 0 Å². The summed E-state index contributed by atoms with van der Waals surface area (Å²) in [6.45, 7) is 3.02. The fraction of sp³-hybridized carbons (Fsp3) is 0.200. The van der Waals surface area contributed by atoms with Crippen molar-refractivity contribution in [1.82, 2.24) is 15.3 Å². The molecule has 1 aromatic carbocycles. The summed E-state index contributed by atoms with van der Waals surface area (Å²) in [7, 11) is 0. The average molecular weight is 488 g/mol. The van der Waals surface area contributed by atoms with E-state index in [1.807, 2.05) is 37.3 Å². The molecule has 2 N–H and O–H groups in total. The van der Waals surface area contributed by atoms with Gasteiger partial charge in [0.05, 0.1) is 41.3 Å². The number of anilines is 3. The molecule has 1 saturated heterocycles. The molecule has 0 bridgehead atoms. The number of nitrogens with one attached hydrogen (secondary N) is 2. The minimum Gasteiger partial charge on any atom is -0.439 e. The van der Waals surface area contributed by atoms with E-state index >= 15 is 0 Å². The molecule has 6 rings (SSSR count). The van der Waals surface area contributed by atoms with E-state index in [2.05, 4.69) is 20.6 Å². The van der Waals surface area contributed by atoms with E-state index in [1.54, 1.807) is 29.4 Å². The number of hydrogen-bond donors (Lipinski definition) is 2. The summed E-state index contributed by atoms with van der Waals surface area (Å²) in [6.07, 6.45) is 4.03. The van der Waals surface area contributed by atoms with Crippen molar-refractivity contribution in [1.29, 1.82) is 0 Å². The second-order valence-corrected chi connectivity index (χ2v) is 9.34. The third-order valence-corrected chi connectivity index (χ3v) is 7.08. The van der Waals surface area contributed by atoms with Crippen LogP contribution in [-0.2, 0) is 4.74 Å². The first-order valence-corrected chi connectivity index (χ1v) is 12.0. The molecule has 176 valence electrons. The van der Waals surface area contributed by atoms with Gasteiger partial charge in [-0.3, -0.25) is 9.69 Å². The number of thiophene rings is 1. The second kappa shape index (κ2) is 8.64. The number of para-hydroxylation sites is 1. The topological polar surface area (TPSA) is 106 Å². The van der Waals surface area contributed by atoms with Crippen LogP contribution in [-0.4, -0.2) is 41.2 Å². The molecule has 3 amide bonds. The lowest BCUT2D eigenvalue weighted by Gasteiger charge is -2.29. The van der Waals surface area contributed by atoms with Crippen LogP contribution in [0.4, 0.5) is 21.9 Å². The van der Waals surface area contributed by atoms with Crippen molar-refractivity contribution in [3.8, 4) is 11.6 Å². The highest BCUT2D eigenvalue weighted by Gasteiger charge is 2.34. The van der Waals surface area contributed by atoms with Gasteiger partial charge in [0.2, 0.25) is 5.88 Å². The first-order chi connectivity index (χ1) is 17.1. The number of aromatic nitrogens is 2. The summed E-state index contributed by atoms with van der Waals surface area (Å²) in [5, 5.41) is 6.64. The number of nitrogens with zero attached hydrogens (tertiary/aromatic N) is 3. The summed E-state index contributed by atoms with van der Waals surface area (Å²) in [4.78, 5) is 37.9. The maximum Gasteiger partial charge on any atom is 0.331 e. The van der Waals surface area contributed by atoms with Gasteiger partial charge in [0.15, 0.2) is 0 Å². The van der Waals surface area contributed by atoms with Crippen LogP contribution in [0.1, 0.15) is 21.7 Å². The van der Waals surface area contributed by atoms with E-state index in [0.29, 0.717) is 51.6 Å². The SMILES string of the molecule is Cc1cc(Oc2ccccc2)ncc1N1C(=O)Nc2c(C(=O)N[C@H]3CCOC3)sc3nccc1c23. The molecule has 0 aliphatic carbocycles. The fourth-order valence-electron chi connectivity index (χ4n) is 4.31. The van der Waals surface area contributed by atoms with Crippen LogP contribution >= 0.6 is 11.3 Å². The molecule has 9 nitrogen and oxygen atoms in total. The molecular weight excluding hydrogens is 466 g/mol. The zero-order valence-electron chi connectivity index (χ0n) is 18.8. The van der Waals surface area contributed by atoms with Crippen LogP contribution in [0.3, 0.4) is 0 Å². The van der Waals surface area contributed by atoms with Crippen LogP contribution in [0.15, 0.2) is 54.9 Å². The Morgan fingerprint density at radius 1 is 1.23 bits per heavy atom. The van der Waals surface area contributed by atoms with Crippen molar-refractivity contribution >= 4 is 50.6 Å². The zero-order valence-corrected chi connectivity index (χ0v) is 19.6. The van der Waals surface area contributed by atoms with E-state index in [1.165, 1.54) is 11.3 Å². The molecule has 1 fully saturated rings. The third kappa shape index (κ3) is 3.86.